The van der Waals surface area contributed by atoms with Crippen molar-refractivity contribution in [1.29, 1.82) is 0 Å². The molecular formula is C20H22N2O3. The lowest BCUT2D eigenvalue weighted by Gasteiger charge is -2.09. The van der Waals surface area contributed by atoms with Crippen LogP contribution in [0.3, 0.4) is 0 Å². The zero-order valence-corrected chi connectivity index (χ0v) is 14.5. The number of hydrogen-bond donors (Lipinski definition) is 2. The fourth-order valence-electron chi connectivity index (χ4n) is 2.12. The van der Waals surface area contributed by atoms with Gasteiger partial charge in [-0.1, -0.05) is 24.8 Å². The molecule has 2 N–H and O–H groups in total. The number of rotatable bonds is 7. The van der Waals surface area contributed by atoms with Gasteiger partial charge < -0.3 is 15.4 Å². The van der Waals surface area contributed by atoms with Crippen molar-refractivity contribution < 1.29 is 14.3 Å². The number of carbonyl (C=O) groups is 2. The van der Waals surface area contributed by atoms with Crippen LogP contribution in [-0.4, -0.2) is 25.5 Å². The fraction of sp³-hybridized carbons (Fsp3) is 0.200. The highest BCUT2D eigenvalue weighted by Gasteiger charge is 2.08. The Kier molecular flexibility index (Phi) is 6.34. The molecule has 0 aliphatic heterocycles. The van der Waals surface area contributed by atoms with Gasteiger partial charge in [0.2, 0.25) is 5.91 Å². The molecule has 5 nitrogen and oxygen atoms in total. The van der Waals surface area contributed by atoms with E-state index in [1.807, 2.05) is 19.1 Å². The summed E-state index contributed by atoms with van der Waals surface area (Å²) in [6, 6.07) is 14.2. The Morgan fingerprint density at radius 1 is 1.12 bits per heavy atom. The van der Waals surface area contributed by atoms with Crippen LogP contribution >= 0.6 is 0 Å². The molecule has 2 amide bonds. The second kappa shape index (κ2) is 8.68. The summed E-state index contributed by atoms with van der Waals surface area (Å²) < 4.78 is 5.55. The third-order valence-corrected chi connectivity index (χ3v) is 3.44. The third-order valence-electron chi connectivity index (χ3n) is 3.44. The van der Waals surface area contributed by atoms with E-state index in [1.54, 1.807) is 43.4 Å². The molecule has 0 aromatic heterocycles. The minimum Gasteiger partial charge on any atom is -0.489 e. The molecule has 0 atom stereocenters. The van der Waals surface area contributed by atoms with Crippen LogP contribution < -0.4 is 15.4 Å². The number of nitrogens with one attached hydrogen (secondary N) is 2. The van der Waals surface area contributed by atoms with Crippen LogP contribution in [0.5, 0.6) is 5.75 Å². The zero-order valence-electron chi connectivity index (χ0n) is 14.5. The van der Waals surface area contributed by atoms with Crippen molar-refractivity contribution in [3.63, 3.8) is 0 Å². The summed E-state index contributed by atoms with van der Waals surface area (Å²) in [5.41, 5.74) is 2.96. The van der Waals surface area contributed by atoms with Crippen molar-refractivity contribution in [1.82, 2.24) is 5.32 Å². The van der Waals surface area contributed by atoms with E-state index in [2.05, 4.69) is 17.2 Å². The van der Waals surface area contributed by atoms with Crippen molar-refractivity contribution in [3.05, 3.63) is 71.8 Å². The van der Waals surface area contributed by atoms with Gasteiger partial charge in [0.05, 0.1) is 6.42 Å². The first-order chi connectivity index (χ1) is 12.0. The van der Waals surface area contributed by atoms with Crippen LogP contribution in [0.2, 0.25) is 0 Å². The van der Waals surface area contributed by atoms with Gasteiger partial charge in [0.1, 0.15) is 12.4 Å². The van der Waals surface area contributed by atoms with E-state index < -0.39 is 0 Å². The number of hydrogen-bond acceptors (Lipinski definition) is 3. The Hall–Kier alpha value is -3.08. The van der Waals surface area contributed by atoms with E-state index in [0.29, 0.717) is 30.0 Å². The standard InChI is InChI=1S/C20H22N2O3/c1-14(2)13-25-18-6-4-5-16(12-18)20(24)22-17-9-7-15(8-10-17)11-19(23)21-3/h4-10,12H,1,11,13H2,2-3H3,(H,21,23)(H,22,24). The number of ether oxygens (including phenoxy) is 1. The third kappa shape index (κ3) is 5.80. The Balaban J connectivity index is 2.00. The summed E-state index contributed by atoms with van der Waals surface area (Å²) in [6.45, 7) is 6.08. The van der Waals surface area contributed by atoms with E-state index in [0.717, 1.165) is 11.1 Å². The molecular weight excluding hydrogens is 316 g/mol. The quantitative estimate of drug-likeness (QED) is 0.762. The minimum atomic E-state index is -0.222. The van der Waals surface area contributed by atoms with E-state index >= 15 is 0 Å². The average molecular weight is 338 g/mol. The van der Waals surface area contributed by atoms with Gasteiger partial charge in [0.15, 0.2) is 0 Å². The molecule has 0 saturated carbocycles. The number of carbonyl (C=O) groups excluding carboxylic acids is 2. The predicted molar refractivity (Wildman–Crippen MR) is 98.9 cm³/mol. The Morgan fingerprint density at radius 3 is 2.48 bits per heavy atom. The average Bonchev–Trinajstić information content (AvgIpc) is 2.61. The zero-order chi connectivity index (χ0) is 18.2. The minimum absolute atomic E-state index is 0.0524. The maximum Gasteiger partial charge on any atom is 0.255 e. The number of amides is 2. The van der Waals surface area contributed by atoms with Crippen molar-refractivity contribution in [2.75, 3.05) is 19.0 Å². The lowest BCUT2D eigenvalue weighted by Crippen LogP contribution is -2.19. The van der Waals surface area contributed by atoms with Crippen molar-refractivity contribution in [2.45, 2.75) is 13.3 Å². The molecule has 2 aromatic rings. The lowest BCUT2D eigenvalue weighted by atomic mass is 10.1. The van der Waals surface area contributed by atoms with Gasteiger partial charge in [-0.15, -0.1) is 0 Å². The van der Waals surface area contributed by atoms with Crippen LogP contribution in [0.15, 0.2) is 60.7 Å². The van der Waals surface area contributed by atoms with E-state index in [-0.39, 0.29) is 11.8 Å². The molecule has 0 spiro atoms. The highest BCUT2D eigenvalue weighted by molar-refractivity contribution is 6.04. The van der Waals surface area contributed by atoms with Gasteiger partial charge in [-0.05, 0) is 48.4 Å². The van der Waals surface area contributed by atoms with Crippen molar-refractivity contribution in [2.24, 2.45) is 0 Å². The first-order valence-electron chi connectivity index (χ1n) is 7.96. The maximum absolute atomic E-state index is 12.4. The summed E-state index contributed by atoms with van der Waals surface area (Å²) in [4.78, 5) is 23.7. The number of anilines is 1. The van der Waals surface area contributed by atoms with Gasteiger partial charge in [0.25, 0.3) is 5.91 Å². The number of benzene rings is 2. The van der Waals surface area contributed by atoms with Gasteiger partial charge in [-0.3, -0.25) is 9.59 Å². The molecule has 0 heterocycles. The van der Waals surface area contributed by atoms with Crippen LogP contribution in [-0.2, 0) is 11.2 Å². The molecule has 0 aliphatic rings. The predicted octanol–water partition coefficient (Wildman–Crippen LogP) is 3.18. The topological polar surface area (TPSA) is 67.4 Å². The van der Waals surface area contributed by atoms with E-state index in [4.69, 9.17) is 4.74 Å². The highest BCUT2D eigenvalue weighted by Crippen LogP contribution is 2.16. The van der Waals surface area contributed by atoms with Crippen molar-refractivity contribution in [3.8, 4) is 5.75 Å². The normalized spacial score (nSPS) is 10.0. The van der Waals surface area contributed by atoms with E-state index in [1.165, 1.54) is 0 Å². The summed E-state index contributed by atoms with van der Waals surface area (Å²) in [5, 5.41) is 5.41. The molecule has 130 valence electrons. The summed E-state index contributed by atoms with van der Waals surface area (Å²) >= 11 is 0. The summed E-state index contributed by atoms with van der Waals surface area (Å²) in [6.07, 6.45) is 0.312. The maximum atomic E-state index is 12.4. The second-order valence-electron chi connectivity index (χ2n) is 5.77. The Labute approximate surface area is 147 Å². The molecule has 0 radical (unpaired) electrons. The Bertz CT molecular complexity index is 767. The van der Waals surface area contributed by atoms with Crippen LogP contribution in [0.1, 0.15) is 22.8 Å². The SMILES string of the molecule is C=C(C)COc1cccc(C(=O)Nc2ccc(CC(=O)NC)cc2)c1. The largest absolute Gasteiger partial charge is 0.489 e. The molecule has 0 saturated heterocycles. The van der Waals surface area contributed by atoms with Crippen LogP contribution in [0.25, 0.3) is 0 Å². The Morgan fingerprint density at radius 2 is 1.84 bits per heavy atom. The monoisotopic (exact) mass is 338 g/mol. The lowest BCUT2D eigenvalue weighted by molar-refractivity contribution is -0.119. The van der Waals surface area contributed by atoms with Crippen LogP contribution in [0.4, 0.5) is 5.69 Å². The molecule has 0 fully saturated rings. The number of likely N-dealkylation sites (N-methyl/N-ethyl adjacent to an activating group) is 1. The summed E-state index contributed by atoms with van der Waals surface area (Å²) in [7, 11) is 1.60. The van der Waals surface area contributed by atoms with Gasteiger partial charge in [-0.2, -0.15) is 0 Å². The van der Waals surface area contributed by atoms with E-state index in [9.17, 15) is 9.59 Å². The molecule has 2 aromatic carbocycles. The van der Waals surface area contributed by atoms with Gasteiger partial charge in [0, 0.05) is 18.3 Å². The smallest absolute Gasteiger partial charge is 0.255 e. The molecule has 2 rings (SSSR count). The molecule has 0 unspecified atom stereocenters. The molecule has 25 heavy (non-hydrogen) atoms. The van der Waals surface area contributed by atoms with Crippen molar-refractivity contribution >= 4 is 17.5 Å². The molecule has 5 heteroatoms. The second-order valence-corrected chi connectivity index (χ2v) is 5.77. The van der Waals surface area contributed by atoms with Gasteiger partial charge in [-0.25, -0.2) is 0 Å². The van der Waals surface area contributed by atoms with Crippen LogP contribution in [0, 0.1) is 0 Å². The summed E-state index contributed by atoms with van der Waals surface area (Å²) in [5.74, 6) is 0.347. The first kappa shape index (κ1) is 18.3. The highest BCUT2D eigenvalue weighted by atomic mass is 16.5. The molecule has 0 aliphatic carbocycles. The first-order valence-corrected chi connectivity index (χ1v) is 7.96. The van der Waals surface area contributed by atoms with Gasteiger partial charge >= 0.3 is 0 Å². The molecule has 0 bridgehead atoms. The fourth-order valence-corrected chi connectivity index (χ4v) is 2.12.